The van der Waals surface area contributed by atoms with Crippen LogP contribution in [0, 0.1) is 0 Å². The minimum absolute atomic E-state index is 0.200. The Morgan fingerprint density at radius 3 is 2.84 bits per heavy atom. The number of nitrogens with zero attached hydrogens (tertiary/aromatic N) is 1. The van der Waals surface area contributed by atoms with Crippen molar-refractivity contribution in [3.8, 4) is 0 Å². The standard InChI is InChI=1S/C17H21NO/c1-18-15-8-5-12-17(18,13-11-15)16(19)10-9-14-6-3-2-4-7-14/h2-4,6-7,9-10,15H,5,8,11-13H2,1H3/t15-,17+/m1/s1. The number of hydrogen-bond donors (Lipinski definition) is 0. The lowest BCUT2D eigenvalue weighted by Gasteiger charge is -2.40. The van der Waals surface area contributed by atoms with Crippen LogP contribution in [0.3, 0.4) is 0 Å². The van der Waals surface area contributed by atoms with E-state index in [9.17, 15) is 4.79 Å². The van der Waals surface area contributed by atoms with Crippen LogP contribution in [-0.4, -0.2) is 29.3 Å². The molecule has 19 heavy (non-hydrogen) atoms. The predicted octanol–water partition coefficient (Wildman–Crippen LogP) is 3.29. The molecule has 2 atom stereocenters. The second-order valence-corrected chi connectivity index (χ2v) is 5.84. The second-order valence-electron chi connectivity index (χ2n) is 5.84. The van der Waals surface area contributed by atoms with Gasteiger partial charge >= 0.3 is 0 Å². The molecule has 1 aromatic rings. The van der Waals surface area contributed by atoms with Gasteiger partial charge in [-0.3, -0.25) is 9.69 Å². The highest BCUT2D eigenvalue weighted by Crippen LogP contribution is 2.43. The average Bonchev–Trinajstić information content (AvgIpc) is 2.66. The van der Waals surface area contributed by atoms with Crippen LogP contribution in [0.15, 0.2) is 36.4 Å². The number of likely N-dealkylation sites (N-methyl/N-ethyl adjacent to an activating group) is 1. The number of ketones is 1. The first-order chi connectivity index (χ1) is 9.22. The van der Waals surface area contributed by atoms with E-state index in [1.807, 2.05) is 36.4 Å². The third kappa shape index (κ3) is 2.14. The van der Waals surface area contributed by atoms with Gasteiger partial charge in [0.2, 0.25) is 0 Å². The number of fused-ring (bicyclic) bond motifs is 2. The van der Waals surface area contributed by atoms with Gasteiger partial charge in [0.15, 0.2) is 5.78 Å². The van der Waals surface area contributed by atoms with E-state index in [0.717, 1.165) is 18.4 Å². The van der Waals surface area contributed by atoms with E-state index >= 15 is 0 Å². The van der Waals surface area contributed by atoms with Crippen molar-refractivity contribution in [1.29, 1.82) is 0 Å². The van der Waals surface area contributed by atoms with Gasteiger partial charge in [0.1, 0.15) is 0 Å². The van der Waals surface area contributed by atoms with Gasteiger partial charge < -0.3 is 0 Å². The fourth-order valence-electron chi connectivity index (χ4n) is 3.71. The van der Waals surface area contributed by atoms with Crippen LogP contribution >= 0.6 is 0 Å². The molecule has 2 bridgehead atoms. The summed E-state index contributed by atoms with van der Waals surface area (Å²) in [6, 6.07) is 10.7. The first-order valence-electron chi connectivity index (χ1n) is 7.23. The van der Waals surface area contributed by atoms with Crippen molar-refractivity contribution in [3.05, 3.63) is 42.0 Å². The maximum Gasteiger partial charge on any atom is 0.175 e. The normalized spacial score (nSPS) is 30.9. The fraction of sp³-hybridized carbons (Fsp3) is 0.471. The summed E-state index contributed by atoms with van der Waals surface area (Å²) >= 11 is 0. The minimum Gasteiger partial charge on any atom is -0.293 e. The van der Waals surface area contributed by atoms with Gasteiger partial charge in [-0.2, -0.15) is 0 Å². The number of hydrogen-bond acceptors (Lipinski definition) is 2. The topological polar surface area (TPSA) is 20.3 Å². The maximum atomic E-state index is 12.6. The fourth-order valence-corrected chi connectivity index (χ4v) is 3.71. The molecule has 0 spiro atoms. The van der Waals surface area contributed by atoms with Crippen LogP contribution < -0.4 is 0 Å². The molecule has 0 aromatic heterocycles. The van der Waals surface area contributed by atoms with Crippen molar-refractivity contribution < 1.29 is 4.79 Å². The molecule has 2 aliphatic heterocycles. The van der Waals surface area contributed by atoms with Crippen molar-refractivity contribution in [2.45, 2.75) is 43.7 Å². The molecule has 0 aliphatic carbocycles. The molecule has 2 fully saturated rings. The van der Waals surface area contributed by atoms with E-state index in [0.29, 0.717) is 11.8 Å². The molecular weight excluding hydrogens is 234 g/mol. The summed E-state index contributed by atoms with van der Waals surface area (Å²) in [6.07, 6.45) is 9.44. The smallest absolute Gasteiger partial charge is 0.175 e. The quantitative estimate of drug-likeness (QED) is 0.772. The SMILES string of the molecule is CN1[C@@H]2CCC[C@@]1(C(=O)C=Cc1ccccc1)CC2. The molecule has 2 heterocycles. The van der Waals surface area contributed by atoms with Crippen LogP contribution in [0.2, 0.25) is 0 Å². The number of piperidine rings is 1. The Hall–Kier alpha value is -1.41. The van der Waals surface area contributed by atoms with Gasteiger partial charge in [0.05, 0.1) is 5.54 Å². The van der Waals surface area contributed by atoms with Crippen molar-refractivity contribution in [2.24, 2.45) is 0 Å². The number of carbonyl (C=O) groups is 1. The van der Waals surface area contributed by atoms with Crippen LogP contribution in [0.5, 0.6) is 0 Å². The summed E-state index contributed by atoms with van der Waals surface area (Å²) in [5.74, 6) is 0.293. The Morgan fingerprint density at radius 2 is 2.05 bits per heavy atom. The first-order valence-corrected chi connectivity index (χ1v) is 7.23. The zero-order valence-electron chi connectivity index (χ0n) is 11.5. The Balaban J connectivity index is 1.79. The minimum atomic E-state index is -0.200. The third-order valence-electron chi connectivity index (χ3n) is 4.93. The van der Waals surface area contributed by atoms with E-state index in [4.69, 9.17) is 0 Å². The Labute approximate surface area is 115 Å². The lowest BCUT2D eigenvalue weighted by molar-refractivity contribution is -0.126. The molecule has 2 saturated heterocycles. The molecule has 100 valence electrons. The maximum absolute atomic E-state index is 12.6. The monoisotopic (exact) mass is 255 g/mol. The molecule has 2 heteroatoms. The summed E-state index contributed by atoms with van der Waals surface area (Å²) in [6.45, 7) is 0. The van der Waals surface area contributed by atoms with Gasteiger partial charge in [-0.25, -0.2) is 0 Å². The van der Waals surface area contributed by atoms with Crippen LogP contribution in [0.1, 0.15) is 37.7 Å². The summed E-state index contributed by atoms with van der Waals surface area (Å²) in [7, 11) is 2.13. The van der Waals surface area contributed by atoms with Gasteiger partial charge in [0, 0.05) is 6.04 Å². The van der Waals surface area contributed by atoms with Gasteiger partial charge in [-0.1, -0.05) is 36.4 Å². The molecule has 1 aromatic carbocycles. The molecule has 0 saturated carbocycles. The number of carbonyl (C=O) groups excluding carboxylic acids is 1. The van der Waals surface area contributed by atoms with Crippen molar-refractivity contribution in [2.75, 3.05) is 7.05 Å². The summed E-state index contributed by atoms with van der Waals surface area (Å²) in [4.78, 5) is 15.0. The summed E-state index contributed by atoms with van der Waals surface area (Å²) < 4.78 is 0. The van der Waals surface area contributed by atoms with Crippen LogP contribution in [-0.2, 0) is 4.79 Å². The van der Waals surface area contributed by atoms with E-state index in [1.165, 1.54) is 19.3 Å². The molecular formula is C17H21NO. The molecule has 3 rings (SSSR count). The predicted molar refractivity (Wildman–Crippen MR) is 77.9 cm³/mol. The molecule has 0 unspecified atom stereocenters. The average molecular weight is 255 g/mol. The third-order valence-corrected chi connectivity index (χ3v) is 4.93. The highest BCUT2D eigenvalue weighted by molar-refractivity contribution is 6.01. The van der Waals surface area contributed by atoms with E-state index in [1.54, 1.807) is 6.08 Å². The van der Waals surface area contributed by atoms with Crippen molar-refractivity contribution in [1.82, 2.24) is 4.90 Å². The highest BCUT2D eigenvalue weighted by atomic mass is 16.1. The molecule has 0 radical (unpaired) electrons. The first kappa shape index (κ1) is 12.6. The lowest BCUT2D eigenvalue weighted by Crippen LogP contribution is -2.52. The van der Waals surface area contributed by atoms with Gasteiger partial charge in [-0.15, -0.1) is 0 Å². The Bertz CT molecular complexity index is 489. The number of benzene rings is 1. The highest BCUT2D eigenvalue weighted by Gasteiger charge is 2.50. The number of rotatable bonds is 3. The van der Waals surface area contributed by atoms with Crippen molar-refractivity contribution >= 4 is 11.9 Å². The van der Waals surface area contributed by atoms with Gasteiger partial charge in [0.25, 0.3) is 0 Å². The lowest BCUT2D eigenvalue weighted by atomic mass is 9.84. The van der Waals surface area contributed by atoms with Crippen LogP contribution in [0.4, 0.5) is 0 Å². The Kier molecular flexibility index (Phi) is 3.28. The van der Waals surface area contributed by atoms with E-state index in [-0.39, 0.29) is 5.54 Å². The molecule has 0 amide bonds. The van der Waals surface area contributed by atoms with Crippen molar-refractivity contribution in [3.63, 3.8) is 0 Å². The zero-order valence-corrected chi connectivity index (χ0v) is 11.5. The second kappa shape index (κ2) is 4.93. The zero-order chi connectivity index (χ0) is 13.3. The summed E-state index contributed by atoms with van der Waals surface area (Å²) in [5, 5.41) is 0. The summed E-state index contributed by atoms with van der Waals surface area (Å²) in [5.41, 5.74) is 0.897. The van der Waals surface area contributed by atoms with E-state index < -0.39 is 0 Å². The van der Waals surface area contributed by atoms with Gasteiger partial charge in [-0.05, 0) is 50.8 Å². The largest absolute Gasteiger partial charge is 0.293 e. The molecule has 2 aliphatic rings. The van der Waals surface area contributed by atoms with E-state index in [2.05, 4.69) is 11.9 Å². The molecule has 0 N–H and O–H groups in total. The Morgan fingerprint density at radius 1 is 1.26 bits per heavy atom. The van der Waals surface area contributed by atoms with Crippen LogP contribution in [0.25, 0.3) is 6.08 Å². The molecule has 2 nitrogen and oxygen atoms in total.